The van der Waals surface area contributed by atoms with Gasteiger partial charge in [0.15, 0.2) is 0 Å². The van der Waals surface area contributed by atoms with E-state index >= 15 is 0 Å². The van der Waals surface area contributed by atoms with Crippen LogP contribution in [0.5, 0.6) is 0 Å². The predicted octanol–water partition coefficient (Wildman–Crippen LogP) is 2.77. The maximum atomic E-state index is 13.3. The van der Waals surface area contributed by atoms with E-state index in [-0.39, 0.29) is 12.4 Å². The van der Waals surface area contributed by atoms with Gasteiger partial charge in [-0.2, -0.15) is 0 Å². The minimum absolute atomic E-state index is 0.204. The third-order valence-corrected chi connectivity index (χ3v) is 3.72. The zero-order valence-corrected chi connectivity index (χ0v) is 10.8. The normalized spacial score (nSPS) is 17.1. The molecule has 0 bridgehead atoms. The highest BCUT2D eigenvalue weighted by Crippen LogP contribution is 2.36. The van der Waals surface area contributed by atoms with Gasteiger partial charge in [0.1, 0.15) is 5.82 Å². The molecule has 1 aliphatic heterocycles. The molecule has 1 heterocycles. The van der Waals surface area contributed by atoms with Crippen LogP contribution in [0.15, 0.2) is 18.2 Å². The molecule has 1 fully saturated rings. The lowest BCUT2D eigenvalue weighted by atomic mass is 9.76. The standard InChI is InChI=1S/C14H21FN2/c1-14(2,3)11-8-17(9-11)12-4-5-13(15)10(6-12)7-16/h4-6,11H,7-9,16H2,1-3H3. The van der Waals surface area contributed by atoms with Crippen molar-refractivity contribution in [1.82, 2.24) is 0 Å². The molecular weight excluding hydrogens is 215 g/mol. The monoisotopic (exact) mass is 236 g/mol. The third kappa shape index (κ3) is 2.44. The summed E-state index contributed by atoms with van der Waals surface area (Å²) in [6.07, 6.45) is 0. The Morgan fingerprint density at radius 1 is 1.35 bits per heavy atom. The fraction of sp³-hybridized carbons (Fsp3) is 0.571. The smallest absolute Gasteiger partial charge is 0.127 e. The summed E-state index contributed by atoms with van der Waals surface area (Å²) in [6, 6.07) is 5.23. The van der Waals surface area contributed by atoms with Crippen molar-refractivity contribution in [2.75, 3.05) is 18.0 Å². The van der Waals surface area contributed by atoms with E-state index in [0.29, 0.717) is 16.9 Å². The number of halogens is 1. The van der Waals surface area contributed by atoms with Gasteiger partial charge < -0.3 is 10.6 Å². The van der Waals surface area contributed by atoms with Crippen LogP contribution in [0.1, 0.15) is 26.3 Å². The molecule has 0 unspecified atom stereocenters. The first-order valence-corrected chi connectivity index (χ1v) is 6.15. The van der Waals surface area contributed by atoms with E-state index in [9.17, 15) is 4.39 Å². The minimum Gasteiger partial charge on any atom is -0.371 e. The fourth-order valence-corrected chi connectivity index (χ4v) is 2.15. The summed E-state index contributed by atoms with van der Waals surface area (Å²) < 4.78 is 13.3. The summed E-state index contributed by atoms with van der Waals surface area (Å²) in [6.45, 7) is 9.18. The lowest BCUT2D eigenvalue weighted by Crippen LogP contribution is -2.52. The third-order valence-electron chi connectivity index (χ3n) is 3.72. The van der Waals surface area contributed by atoms with Gasteiger partial charge >= 0.3 is 0 Å². The zero-order chi connectivity index (χ0) is 12.6. The number of anilines is 1. The zero-order valence-electron chi connectivity index (χ0n) is 10.8. The van der Waals surface area contributed by atoms with Crippen molar-refractivity contribution < 1.29 is 4.39 Å². The summed E-state index contributed by atoms with van der Waals surface area (Å²) in [7, 11) is 0. The van der Waals surface area contributed by atoms with E-state index in [1.807, 2.05) is 12.1 Å². The first-order chi connectivity index (χ1) is 7.91. The number of rotatable bonds is 2. The van der Waals surface area contributed by atoms with Crippen LogP contribution in [0.25, 0.3) is 0 Å². The lowest BCUT2D eigenvalue weighted by molar-refractivity contribution is 0.195. The van der Waals surface area contributed by atoms with Gasteiger partial charge in [0.05, 0.1) is 0 Å². The van der Waals surface area contributed by atoms with Crippen molar-refractivity contribution in [2.45, 2.75) is 27.3 Å². The average Bonchev–Trinajstić information content (AvgIpc) is 2.16. The van der Waals surface area contributed by atoms with Gasteiger partial charge in [-0.05, 0) is 29.5 Å². The molecule has 0 spiro atoms. The second-order valence-corrected chi connectivity index (χ2v) is 5.95. The average molecular weight is 236 g/mol. The van der Waals surface area contributed by atoms with Gasteiger partial charge in [0.25, 0.3) is 0 Å². The van der Waals surface area contributed by atoms with E-state index in [1.165, 1.54) is 6.07 Å². The highest BCUT2D eigenvalue weighted by atomic mass is 19.1. The molecule has 0 aliphatic carbocycles. The maximum absolute atomic E-state index is 13.3. The minimum atomic E-state index is -0.204. The first kappa shape index (κ1) is 12.4. The van der Waals surface area contributed by atoms with Gasteiger partial charge in [-0.25, -0.2) is 4.39 Å². The van der Waals surface area contributed by atoms with E-state index in [2.05, 4.69) is 25.7 Å². The van der Waals surface area contributed by atoms with Gasteiger partial charge in [0, 0.05) is 30.9 Å². The Bertz CT molecular complexity index is 403. The molecule has 2 N–H and O–H groups in total. The molecule has 0 atom stereocenters. The molecule has 0 radical (unpaired) electrons. The first-order valence-electron chi connectivity index (χ1n) is 6.15. The summed E-state index contributed by atoms with van der Waals surface area (Å²) in [5, 5.41) is 0. The molecule has 0 amide bonds. The number of benzene rings is 1. The van der Waals surface area contributed by atoms with Crippen LogP contribution in [0.2, 0.25) is 0 Å². The van der Waals surface area contributed by atoms with Crippen molar-refractivity contribution in [3.05, 3.63) is 29.6 Å². The van der Waals surface area contributed by atoms with Crippen LogP contribution in [-0.4, -0.2) is 13.1 Å². The summed E-state index contributed by atoms with van der Waals surface area (Å²) in [4.78, 5) is 2.29. The van der Waals surface area contributed by atoms with Crippen molar-refractivity contribution >= 4 is 5.69 Å². The SMILES string of the molecule is CC(C)(C)C1CN(c2ccc(F)c(CN)c2)C1. The highest BCUT2D eigenvalue weighted by molar-refractivity contribution is 5.51. The Morgan fingerprint density at radius 2 is 2.00 bits per heavy atom. The summed E-state index contributed by atoms with van der Waals surface area (Å²) >= 11 is 0. The molecule has 17 heavy (non-hydrogen) atoms. The van der Waals surface area contributed by atoms with Crippen LogP contribution in [-0.2, 0) is 6.54 Å². The van der Waals surface area contributed by atoms with Crippen LogP contribution in [0.4, 0.5) is 10.1 Å². The molecule has 1 aliphatic rings. The van der Waals surface area contributed by atoms with Crippen LogP contribution >= 0.6 is 0 Å². The Hall–Kier alpha value is -1.09. The van der Waals surface area contributed by atoms with E-state index in [0.717, 1.165) is 18.8 Å². The van der Waals surface area contributed by atoms with Gasteiger partial charge in [-0.1, -0.05) is 20.8 Å². The molecule has 2 rings (SSSR count). The van der Waals surface area contributed by atoms with Crippen LogP contribution in [0.3, 0.4) is 0 Å². The second-order valence-electron chi connectivity index (χ2n) is 5.95. The largest absolute Gasteiger partial charge is 0.371 e. The maximum Gasteiger partial charge on any atom is 0.127 e. The molecule has 2 nitrogen and oxygen atoms in total. The quantitative estimate of drug-likeness (QED) is 0.855. The van der Waals surface area contributed by atoms with Crippen LogP contribution < -0.4 is 10.6 Å². The van der Waals surface area contributed by atoms with Crippen LogP contribution in [0, 0.1) is 17.2 Å². The van der Waals surface area contributed by atoms with Crippen molar-refractivity contribution in [1.29, 1.82) is 0 Å². The highest BCUT2D eigenvalue weighted by Gasteiger charge is 2.35. The van der Waals surface area contributed by atoms with E-state index < -0.39 is 0 Å². The molecule has 1 aromatic rings. The summed E-state index contributed by atoms with van der Waals surface area (Å²) in [5.74, 6) is 0.512. The van der Waals surface area contributed by atoms with Gasteiger partial charge in [0.2, 0.25) is 0 Å². The van der Waals surface area contributed by atoms with Crippen molar-refractivity contribution in [2.24, 2.45) is 17.1 Å². The topological polar surface area (TPSA) is 29.3 Å². The van der Waals surface area contributed by atoms with Gasteiger partial charge in [-0.15, -0.1) is 0 Å². The number of nitrogens with zero attached hydrogens (tertiary/aromatic N) is 1. The number of nitrogens with two attached hydrogens (primary N) is 1. The second kappa shape index (κ2) is 4.30. The van der Waals surface area contributed by atoms with E-state index in [1.54, 1.807) is 0 Å². The molecular formula is C14H21FN2. The molecule has 3 heteroatoms. The number of hydrogen-bond donors (Lipinski definition) is 1. The Balaban J connectivity index is 2.07. The predicted molar refractivity (Wildman–Crippen MR) is 69.4 cm³/mol. The molecule has 1 saturated heterocycles. The molecule has 0 aromatic heterocycles. The van der Waals surface area contributed by atoms with Crippen molar-refractivity contribution in [3.63, 3.8) is 0 Å². The molecule has 94 valence electrons. The summed E-state index contributed by atoms with van der Waals surface area (Å²) in [5.41, 5.74) is 7.56. The van der Waals surface area contributed by atoms with Crippen molar-refractivity contribution in [3.8, 4) is 0 Å². The lowest BCUT2D eigenvalue weighted by Gasteiger charge is -2.47. The molecule has 1 aromatic carbocycles. The Kier molecular flexibility index (Phi) is 3.13. The Morgan fingerprint density at radius 3 is 2.53 bits per heavy atom. The van der Waals surface area contributed by atoms with E-state index in [4.69, 9.17) is 5.73 Å². The Labute approximate surface area is 103 Å². The number of hydrogen-bond acceptors (Lipinski definition) is 2. The van der Waals surface area contributed by atoms with Gasteiger partial charge in [-0.3, -0.25) is 0 Å². The fourth-order valence-electron chi connectivity index (χ4n) is 2.15. The molecule has 0 saturated carbocycles.